The highest BCUT2D eigenvalue weighted by Gasteiger charge is 2.20. The predicted octanol–water partition coefficient (Wildman–Crippen LogP) is 2.72. The van der Waals surface area contributed by atoms with Crippen molar-refractivity contribution in [1.29, 1.82) is 0 Å². The number of hydrogen-bond acceptors (Lipinski definition) is 8. The number of anilines is 1. The summed E-state index contributed by atoms with van der Waals surface area (Å²) in [7, 11) is 0. The molecule has 0 bridgehead atoms. The lowest BCUT2D eigenvalue weighted by Gasteiger charge is -2.18. The monoisotopic (exact) mass is 423 g/mol. The first-order valence-electron chi connectivity index (χ1n) is 8.91. The summed E-state index contributed by atoms with van der Waals surface area (Å²) in [5, 5.41) is 17.7. The first kappa shape index (κ1) is 19.5. The number of nitro groups is 1. The highest BCUT2D eigenvalue weighted by molar-refractivity contribution is 8.14. The number of rotatable bonds is 5. The zero-order valence-corrected chi connectivity index (χ0v) is 16.3. The molecule has 2 aromatic carbocycles. The van der Waals surface area contributed by atoms with Crippen molar-refractivity contribution in [3.05, 3.63) is 70.4 Å². The Labute approximate surface area is 174 Å². The number of guanidine groups is 1. The molecule has 3 aromatic rings. The summed E-state index contributed by atoms with van der Waals surface area (Å²) in [6.45, 7) is 0. The number of aliphatic imine (C=N–C) groups is 2. The standard InChI is InChI=1S/C19H17N7O3S/c20-18-23-17(14-9-21-15-4-2-1-3-13(14)15)24-19(25-18)30-10-16(27)22-11-5-7-12(8-6-11)26(28)29/h1-9,17,21H,10H2,(H,22,27)(H3,20,23,24,25). The van der Waals surface area contributed by atoms with Gasteiger partial charge in [-0.1, -0.05) is 30.0 Å². The number of carbonyl (C=O) groups excluding carboxylic acids is 1. The number of aromatic nitrogens is 1. The van der Waals surface area contributed by atoms with Crippen molar-refractivity contribution in [3.63, 3.8) is 0 Å². The average Bonchev–Trinajstić information content (AvgIpc) is 3.16. The topological polar surface area (TPSA) is 151 Å². The lowest BCUT2D eigenvalue weighted by Crippen LogP contribution is -2.39. The predicted molar refractivity (Wildman–Crippen MR) is 117 cm³/mol. The molecule has 1 atom stereocenters. The number of carbonyl (C=O) groups is 1. The molecule has 5 N–H and O–H groups in total. The first-order chi connectivity index (χ1) is 14.5. The Bertz CT molecular complexity index is 1170. The molecule has 1 aromatic heterocycles. The van der Waals surface area contributed by atoms with Crippen molar-refractivity contribution in [1.82, 2.24) is 10.3 Å². The Hall–Kier alpha value is -3.86. The van der Waals surface area contributed by atoms with E-state index >= 15 is 0 Å². The summed E-state index contributed by atoms with van der Waals surface area (Å²) >= 11 is 1.19. The van der Waals surface area contributed by atoms with E-state index in [0.717, 1.165) is 16.5 Å². The summed E-state index contributed by atoms with van der Waals surface area (Å²) in [4.78, 5) is 34.5. The molecule has 0 saturated heterocycles. The molecular weight excluding hydrogens is 406 g/mol. The normalized spacial score (nSPS) is 15.8. The Morgan fingerprint density at radius 1 is 1.20 bits per heavy atom. The first-order valence-corrected chi connectivity index (χ1v) is 9.89. The molecule has 0 aliphatic carbocycles. The third-order valence-corrected chi connectivity index (χ3v) is 5.22. The van der Waals surface area contributed by atoms with Crippen molar-refractivity contribution >= 4 is 51.1 Å². The van der Waals surface area contributed by atoms with Gasteiger partial charge < -0.3 is 21.4 Å². The lowest BCUT2D eigenvalue weighted by atomic mass is 10.1. The molecule has 11 heteroatoms. The fourth-order valence-electron chi connectivity index (χ4n) is 2.96. The molecule has 0 fully saturated rings. The minimum atomic E-state index is -0.511. The van der Waals surface area contributed by atoms with Gasteiger partial charge in [-0.3, -0.25) is 14.9 Å². The van der Waals surface area contributed by atoms with Gasteiger partial charge in [-0.05, 0) is 18.2 Å². The molecule has 0 saturated carbocycles. The van der Waals surface area contributed by atoms with Crippen LogP contribution in [0.25, 0.3) is 10.9 Å². The van der Waals surface area contributed by atoms with E-state index in [0.29, 0.717) is 10.9 Å². The van der Waals surface area contributed by atoms with Crippen LogP contribution in [0.3, 0.4) is 0 Å². The van der Waals surface area contributed by atoms with Crippen LogP contribution in [0.5, 0.6) is 0 Å². The summed E-state index contributed by atoms with van der Waals surface area (Å²) in [6, 6.07) is 13.5. The van der Waals surface area contributed by atoms with Gasteiger partial charge >= 0.3 is 0 Å². The van der Waals surface area contributed by atoms with E-state index in [1.807, 2.05) is 30.5 Å². The van der Waals surface area contributed by atoms with Crippen LogP contribution in [0.2, 0.25) is 0 Å². The fraction of sp³-hybridized carbons (Fsp3) is 0.105. The second-order valence-electron chi connectivity index (χ2n) is 6.38. The van der Waals surface area contributed by atoms with Crippen molar-refractivity contribution in [2.24, 2.45) is 15.7 Å². The number of nitrogens with one attached hydrogen (secondary N) is 3. The molecule has 0 radical (unpaired) electrons. The average molecular weight is 423 g/mol. The molecule has 30 heavy (non-hydrogen) atoms. The van der Waals surface area contributed by atoms with Crippen LogP contribution < -0.4 is 16.4 Å². The van der Waals surface area contributed by atoms with Crippen LogP contribution in [0.1, 0.15) is 11.7 Å². The molecular formula is C19H17N7O3S. The Balaban J connectivity index is 1.41. The van der Waals surface area contributed by atoms with Crippen molar-refractivity contribution in [2.45, 2.75) is 6.17 Å². The maximum Gasteiger partial charge on any atom is 0.269 e. The van der Waals surface area contributed by atoms with E-state index < -0.39 is 11.1 Å². The number of amidine groups is 1. The second-order valence-corrected chi connectivity index (χ2v) is 7.34. The summed E-state index contributed by atoms with van der Waals surface area (Å²) in [6.07, 6.45) is 1.34. The van der Waals surface area contributed by atoms with E-state index in [1.54, 1.807) is 0 Å². The van der Waals surface area contributed by atoms with Gasteiger partial charge in [0.05, 0.1) is 10.7 Å². The zero-order chi connectivity index (χ0) is 21.1. The van der Waals surface area contributed by atoms with Gasteiger partial charge in [0.15, 0.2) is 17.3 Å². The third-order valence-electron chi connectivity index (χ3n) is 4.34. The van der Waals surface area contributed by atoms with E-state index in [-0.39, 0.29) is 23.3 Å². The van der Waals surface area contributed by atoms with Gasteiger partial charge in [0.25, 0.3) is 5.69 Å². The minimum absolute atomic E-state index is 0.0405. The number of fused-ring (bicyclic) bond motifs is 1. The number of nitro benzene ring substituents is 1. The number of benzene rings is 2. The van der Waals surface area contributed by atoms with Gasteiger partial charge in [-0.15, -0.1) is 0 Å². The number of nitrogens with two attached hydrogens (primary N) is 1. The van der Waals surface area contributed by atoms with Crippen molar-refractivity contribution < 1.29 is 9.72 Å². The molecule has 1 aliphatic rings. The van der Waals surface area contributed by atoms with Crippen LogP contribution in [-0.2, 0) is 4.79 Å². The number of non-ortho nitro benzene ring substituents is 1. The number of para-hydroxylation sites is 1. The van der Waals surface area contributed by atoms with Crippen molar-refractivity contribution in [2.75, 3.05) is 11.1 Å². The zero-order valence-electron chi connectivity index (χ0n) is 15.5. The minimum Gasteiger partial charge on any atom is -0.370 e. The number of thioether (sulfide) groups is 1. The maximum atomic E-state index is 12.2. The summed E-state index contributed by atoms with van der Waals surface area (Å²) < 4.78 is 0. The smallest absolute Gasteiger partial charge is 0.269 e. The number of amides is 1. The Kier molecular flexibility index (Phi) is 5.35. The Morgan fingerprint density at radius 3 is 2.73 bits per heavy atom. The number of nitrogens with zero attached hydrogens (tertiary/aromatic N) is 3. The molecule has 4 rings (SSSR count). The molecule has 1 amide bonds. The van der Waals surface area contributed by atoms with Gasteiger partial charge in [-0.25, -0.2) is 9.98 Å². The number of H-pyrrole nitrogens is 1. The van der Waals surface area contributed by atoms with E-state index in [2.05, 4.69) is 25.6 Å². The molecule has 1 unspecified atom stereocenters. The maximum absolute atomic E-state index is 12.2. The van der Waals surface area contributed by atoms with Gasteiger partial charge in [0.2, 0.25) is 5.91 Å². The summed E-state index contributed by atoms with van der Waals surface area (Å²) in [5.74, 6) is 0.0260. The number of aromatic amines is 1. The Morgan fingerprint density at radius 2 is 1.97 bits per heavy atom. The molecule has 0 spiro atoms. The lowest BCUT2D eigenvalue weighted by molar-refractivity contribution is -0.384. The molecule has 10 nitrogen and oxygen atoms in total. The van der Waals surface area contributed by atoms with E-state index in [1.165, 1.54) is 36.0 Å². The van der Waals surface area contributed by atoms with Gasteiger partial charge in [0, 0.05) is 40.5 Å². The highest BCUT2D eigenvalue weighted by Crippen LogP contribution is 2.29. The quantitative estimate of drug-likeness (QED) is 0.366. The second kappa shape index (κ2) is 8.25. The van der Waals surface area contributed by atoms with Crippen LogP contribution in [0, 0.1) is 10.1 Å². The molecule has 152 valence electrons. The SMILES string of the molecule is NC1=NC(c2c[nH]c3ccccc23)N=C(SCC(=O)Nc2ccc([N+](=O)[O-])cc2)N1. The van der Waals surface area contributed by atoms with Gasteiger partial charge in [-0.2, -0.15) is 0 Å². The highest BCUT2D eigenvalue weighted by atomic mass is 32.2. The van der Waals surface area contributed by atoms with E-state index in [9.17, 15) is 14.9 Å². The third kappa shape index (κ3) is 4.25. The van der Waals surface area contributed by atoms with Crippen molar-refractivity contribution in [3.8, 4) is 0 Å². The van der Waals surface area contributed by atoms with Crippen LogP contribution in [0.15, 0.2) is 64.7 Å². The summed E-state index contributed by atoms with van der Waals surface area (Å²) in [5.41, 5.74) is 8.22. The largest absolute Gasteiger partial charge is 0.370 e. The van der Waals surface area contributed by atoms with Crippen LogP contribution in [-0.4, -0.2) is 32.7 Å². The fourth-order valence-corrected chi connectivity index (χ4v) is 3.65. The van der Waals surface area contributed by atoms with Crippen LogP contribution >= 0.6 is 11.8 Å². The van der Waals surface area contributed by atoms with Gasteiger partial charge in [0.1, 0.15) is 0 Å². The van der Waals surface area contributed by atoms with E-state index in [4.69, 9.17) is 5.73 Å². The van der Waals surface area contributed by atoms with Crippen LogP contribution in [0.4, 0.5) is 11.4 Å². The molecule has 1 aliphatic heterocycles. The number of hydrogen-bond donors (Lipinski definition) is 4. The molecule has 2 heterocycles.